The second-order valence-electron chi connectivity index (χ2n) is 16.8. The van der Waals surface area contributed by atoms with Gasteiger partial charge in [0.15, 0.2) is 0 Å². The lowest BCUT2D eigenvalue weighted by Crippen LogP contribution is -2.07. The summed E-state index contributed by atoms with van der Waals surface area (Å²) in [6.45, 7) is 0. The van der Waals surface area contributed by atoms with Crippen LogP contribution in [-0.2, 0) is 0 Å². The molecule has 0 fully saturated rings. The molecule has 0 radical (unpaired) electrons. The lowest BCUT2D eigenvalue weighted by molar-refractivity contribution is 0.787. The predicted molar refractivity (Wildman–Crippen MR) is 269 cm³/mol. The summed E-state index contributed by atoms with van der Waals surface area (Å²) in [6, 6.07) is 80.8. The molecule has 0 spiro atoms. The van der Waals surface area contributed by atoms with E-state index in [4.69, 9.17) is 0 Å². The quantitative estimate of drug-likeness (QED) is 0.142. The predicted octanol–water partition coefficient (Wildman–Crippen LogP) is 17.0. The Hall–Kier alpha value is -8.00. The molecule has 1 aromatic heterocycles. The van der Waals surface area contributed by atoms with E-state index in [2.05, 4.69) is 247 Å². The van der Waals surface area contributed by atoms with Gasteiger partial charge in [-0.3, -0.25) is 0 Å². The van der Waals surface area contributed by atoms with Crippen LogP contribution in [0.4, 0.5) is 0 Å². The molecule has 0 saturated carbocycles. The van der Waals surface area contributed by atoms with E-state index >= 15 is 0 Å². The lowest BCUT2D eigenvalue weighted by atomic mass is 9.90. The fourth-order valence-corrected chi connectivity index (χ4v) is 10.0. The third-order valence-corrected chi connectivity index (χ3v) is 13.1. The summed E-state index contributed by atoms with van der Waals surface area (Å²) in [5.74, 6) is 0.270. The molecule has 1 heteroatoms. The molecular weight excluding hydrogens is 759 g/mol. The van der Waals surface area contributed by atoms with Crippen molar-refractivity contribution in [2.75, 3.05) is 0 Å². The van der Waals surface area contributed by atoms with Gasteiger partial charge < -0.3 is 4.57 Å². The van der Waals surface area contributed by atoms with Crippen molar-refractivity contribution in [3.8, 4) is 61.5 Å². The second kappa shape index (κ2) is 15.5. The maximum Gasteiger partial charge on any atom is 0.0531 e. The van der Waals surface area contributed by atoms with Crippen molar-refractivity contribution in [1.82, 2.24) is 4.57 Å². The topological polar surface area (TPSA) is 4.93 Å². The molecule has 0 aliphatic heterocycles. The Morgan fingerprint density at radius 2 is 0.841 bits per heavy atom. The first-order valence-electron chi connectivity index (χ1n) is 22.0. The summed E-state index contributed by atoms with van der Waals surface area (Å²) in [4.78, 5) is 0. The zero-order valence-electron chi connectivity index (χ0n) is 34.8. The molecule has 63 heavy (non-hydrogen) atoms. The minimum atomic E-state index is 0.270. The van der Waals surface area contributed by atoms with Crippen LogP contribution < -0.4 is 0 Å². The van der Waals surface area contributed by atoms with Crippen LogP contribution in [-0.4, -0.2) is 4.57 Å². The first-order chi connectivity index (χ1) is 31.2. The highest BCUT2D eigenvalue weighted by Crippen LogP contribution is 2.42. The number of nitrogens with zero attached hydrogens (tertiary/aromatic N) is 1. The second-order valence-corrected chi connectivity index (χ2v) is 16.8. The summed E-state index contributed by atoms with van der Waals surface area (Å²) in [5, 5.41) is 9.98. The Morgan fingerprint density at radius 1 is 0.333 bits per heavy atom. The van der Waals surface area contributed by atoms with Gasteiger partial charge in [0.1, 0.15) is 0 Å². The van der Waals surface area contributed by atoms with Crippen molar-refractivity contribution in [2.24, 2.45) is 0 Å². The van der Waals surface area contributed by atoms with Gasteiger partial charge >= 0.3 is 0 Å². The zero-order valence-corrected chi connectivity index (χ0v) is 34.8. The molecule has 1 aliphatic rings. The van der Waals surface area contributed by atoms with Crippen molar-refractivity contribution in [1.29, 1.82) is 0 Å². The van der Waals surface area contributed by atoms with E-state index in [0.29, 0.717) is 0 Å². The minimum Gasteiger partial charge on any atom is -0.313 e. The number of benzene rings is 10. The number of aromatic nitrogens is 1. The molecule has 0 amide bonds. The van der Waals surface area contributed by atoms with E-state index in [1.807, 2.05) is 0 Å². The first kappa shape index (κ1) is 36.8. The van der Waals surface area contributed by atoms with Gasteiger partial charge in [-0.1, -0.05) is 206 Å². The number of hydrogen-bond acceptors (Lipinski definition) is 0. The highest BCUT2D eigenvalue weighted by Gasteiger charge is 2.21. The molecule has 0 bridgehead atoms. The van der Waals surface area contributed by atoms with Crippen molar-refractivity contribution in [3.63, 3.8) is 0 Å². The molecule has 12 rings (SSSR count). The van der Waals surface area contributed by atoms with Gasteiger partial charge in [-0.25, -0.2) is 0 Å². The summed E-state index contributed by atoms with van der Waals surface area (Å²) in [6.07, 6.45) is 9.96. The lowest BCUT2D eigenvalue weighted by Gasteiger charge is -2.21. The molecule has 0 N–H and O–H groups in total. The molecule has 1 nitrogen and oxygen atoms in total. The first-order valence-corrected chi connectivity index (χ1v) is 22.0. The molecule has 0 saturated heterocycles. The number of fused-ring (bicyclic) bond motifs is 4. The van der Waals surface area contributed by atoms with Gasteiger partial charge in [0.25, 0.3) is 0 Å². The van der Waals surface area contributed by atoms with Gasteiger partial charge in [-0.05, 0) is 136 Å². The van der Waals surface area contributed by atoms with Crippen LogP contribution in [0.15, 0.2) is 243 Å². The fourth-order valence-electron chi connectivity index (χ4n) is 10.0. The van der Waals surface area contributed by atoms with Crippen LogP contribution >= 0.6 is 0 Å². The number of hydrogen-bond donors (Lipinski definition) is 0. The van der Waals surface area contributed by atoms with E-state index in [1.165, 1.54) is 105 Å². The Labute approximate surface area is 368 Å². The summed E-state index contributed by atoms with van der Waals surface area (Å²) in [7, 11) is 0. The Kier molecular flexibility index (Phi) is 9.04. The van der Waals surface area contributed by atoms with Crippen molar-refractivity contribution < 1.29 is 0 Å². The molecule has 11 aromatic rings. The van der Waals surface area contributed by atoms with E-state index < -0.39 is 0 Å². The molecule has 1 aliphatic carbocycles. The average molecular weight is 802 g/mol. The molecule has 10 aromatic carbocycles. The van der Waals surface area contributed by atoms with E-state index in [-0.39, 0.29) is 5.92 Å². The van der Waals surface area contributed by atoms with Gasteiger partial charge in [-0.15, -0.1) is 0 Å². The Bertz CT molecular complexity index is 3560. The van der Waals surface area contributed by atoms with E-state index in [0.717, 1.165) is 12.1 Å². The Balaban J connectivity index is 1.05. The third kappa shape index (κ3) is 6.58. The number of rotatable bonds is 7. The maximum absolute atomic E-state index is 2.51. The van der Waals surface area contributed by atoms with Crippen LogP contribution in [0.5, 0.6) is 0 Å². The van der Waals surface area contributed by atoms with Crippen molar-refractivity contribution in [2.45, 2.75) is 12.3 Å². The maximum atomic E-state index is 2.51. The zero-order chi connectivity index (χ0) is 41.7. The highest BCUT2D eigenvalue weighted by molar-refractivity contribution is 6.10. The van der Waals surface area contributed by atoms with E-state index in [1.54, 1.807) is 0 Å². The smallest absolute Gasteiger partial charge is 0.0531 e. The van der Waals surface area contributed by atoms with Crippen LogP contribution in [0, 0.1) is 0 Å². The summed E-state index contributed by atoms with van der Waals surface area (Å²) in [5.41, 5.74) is 14.6. The molecule has 296 valence electrons. The van der Waals surface area contributed by atoms with Crippen molar-refractivity contribution >= 4 is 43.1 Å². The summed E-state index contributed by atoms with van der Waals surface area (Å²) < 4.78 is 2.51. The van der Waals surface area contributed by atoms with Crippen LogP contribution in [0.25, 0.3) is 105 Å². The highest BCUT2D eigenvalue weighted by atomic mass is 15.0. The van der Waals surface area contributed by atoms with Crippen LogP contribution in [0.3, 0.4) is 0 Å². The molecule has 1 unspecified atom stereocenters. The van der Waals surface area contributed by atoms with Gasteiger partial charge in [0.05, 0.1) is 5.69 Å². The summed E-state index contributed by atoms with van der Waals surface area (Å²) >= 11 is 0. The monoisotopic (exact) mass is 801 g/mol. The molecule has 1 heterocycles. The van der Waals surface area contributed by atoms with Gasteiger partial charge in [-0.2, -0.15) is 0 Å². The largest absolute Gasteiger partial charge is 0.313 e. The normalized spacial score (nSPS) is 13.7. The fraction of sp³-hybridized carbons (Fsp3) is 0.0323. The Morgan fingerprint density at radius 3 is 1.44 bits per heavy atom. The van der Waals surface area contributed by atoms with E-state index in [9.17, 15) is 0 Å². The molecular formula is C62H43N. The van der Waals surface area contributed by atoms with Crippen LogP contribution in [0.2, 0.25) is 0 Å². The SMILES string of the molecule is C1=CCC(c2ccc(-c3ccccc3)n2-c2cc(-c3ccc(-c4cccc5ccccc45)cc3)c3cc4cccc(-c5ccc(-c6cccc7ccccc67)cc5)c4cc3c2)C=C1. The average Bonchev–Trinajstić information content (AvgIpc) is 3.81. The van der Waals surface area contributed by atoms with Gasteiger partial charge in [0, 0.05) is 17.3 Å². The number of allylic oxidation sites excluding steroid dienone is 4. The van der Waals surface area contributed by atoms with Crippen LogP contribution in [0.1, 0.15) is 18.0 Å². The minimum absolute atomic E-state index is 0.270. The standard InChI is InChI=1S/C62H43N/c1-3-16-48(17-4-1)61-36-37-62(49-18-5-2-6-19-49)63(61)52-38-51-40-58-50(22-13-27-57(58)46-30-28-44(29-31-46)55-25-11-20-42-14-7-9-23-53(42)55)39-59(51)60(41-52)47-34-32-45(33-35-47)56-26-12-21-43-15-8-10-24-54(43)56/h1-18,20-41,49H,19H2. The third-order valence-electron chi connectivity index (χ3n) is 13.1. The molecule has 1 atom stereocenters. The van der Waals surface area contributed by atoms with Gasteiger partial charge in [0.2, 0.25) is 0 Å². The van der Waals surface area contributed by atoms with Crippen molar-refractivity contribution in [3.05, 3.63) is 248 Å².